The molecule has 0 bridgehead atoms. The molecule has 1 amide bonds. The zero-order chi connectivity index (χ0) is 12.1. The van der Waals surface area contributed by atoms with Crippen LogP contribution in [-0.2, 0) is 9.53 Å². The fraction of sp³-hybridized carbons (Fsp3) is 0.500. The van der Waals surface area contributed by atoms with Gasteiger partial charge in [-0.2, -0.15) is 0 Å². The molecule has 1 aliphatic heterocycles. The highest BCUT2D eigenvalue weighted by Crippen LogP contribution is 2.06. The first-order chi connectivity index (χ1) is 8.24. The SMILES string of the molecule is Cc1cccc(NC(=O)CC2COCCN2)n1. The van der Waals surface area contributed by atoms with E-state index >= 15 is 0 Å². The number of carbonyl (C=O) groups excluding carboxylic acids is 1. The molecule has 2 N–H and O–H groups in total. The normalized spacial score (nSPS) is 19.9. The summed E-state index contributed by atoms with van der Waals surface area (Å²) >= 11 is 0. The van der Waals surface area contributed by atoms with Crippen molar-refractivity contribution in [1.82, 2.24) is 10.3 Å². The molecule has 17 heavy (non-hydrogen) atoms. The molecule has 0 saturated carbocycles. The molecule has 5 nitrogen and oxygen atoms in total. The number of aryl methyl sites for hydroxylation is 1. The van der Waals surface area contributed by atoms with E-state index in [0.29, 0.717) is 18.8 Å². The monoisotopic (exact) mass is 235 g/mol. The molecule has 1 fully saturated rings. The minimum Gasteiger partial charge on any atom is -0.378 e. The third kappa shape index (κ3) is 3.80. The van der Waals surface area contributed by atoms with Crippen molar-refractivity contribution in [2.75, 3.05) is 25.1 Å². The number of carbonyl (C=O) groups is 1. The van der Waals surface area contributed by atoms with Crippen molar-refractivity contribution in [3.8, 4) is 0 Å². The first-order valence-electron chi connectivity index (χ1n) is 5.78. The van der Waals surface area contributed by atoms with Gasteiger partial charge in [-0.3, -0.25) is 4.79 Å². The Morgan fingerprint density at radius 1 is 1.65 bits per heavy atom. The number of nitrogens with one attached hydrogen (secondary N) is 2. The van der Waals surface area contributed by atoms with E-state index in [1.54, 1.807) is 6.07 Å². The molecular formula is C12H17N3O2. The number of hydrogen-bond acceptors (Lipinski definition) is 4. The maximum absolute atomic E-state index is 11.7. The quantitative estimate of drug-likeness (QED) is 0.810. The number of anilines is 1. The largest absolute Gasteiger partial charge is 0.378 e. The summed E-state index contributed by atoms with van der Waals surface area (Å²) < 4.78 is 5.29. The van der Waals surface area contributed by atoms with Crippen LogP contribution in [-0.4, -0.2) is 36.7 Å². The Bertz CT molecular complexity index is 389. The van der Waals surface area contributed by atoms with Crippen molar-refractivity contribution < 1.29 is 9.53 Å². The third-order valence-corrected chi connectivity index (χ3v) is 2.59. The maximum atomic E-state index is 11.7. The lowest BCUT2D eigenvalue weighted by Gasteiger charge is -2.23. The van der Waals surface area contributed by atoms with E-state index in [0.717, 1.165) is 18.8 Å². The lowest BCUT2D eigenvalue weighted by atomic mass is 10.2. The summed E-state index contributed by atoms with van der Waals surface area (Å²) in [5.74, 6) is 0.567. The molecule has 0 spiro atoms. The maximum Gasteiger partial charge on any atom is 0.227 e. The van der Waals surface area contributed by atoms with Gasteiger partial charge in [-0.1, -0.05) is 6.07 Å². The topological polar surface area (TPSA) is 63.2 Å². The van der Waals surface area contributed by atoms with Gasteiger partial charge in [0.25, 0.3) is 0 Å². The minimum absolute atomic E-state index is 0.0360. The number of hydrogen-bond donors (Lipinski definition) is 2. The van der Waals surface area contributed by atoms with Crippen molar-refractivity contribution in [3.05, 3.63) is 23.9 Å². The lowest BCUT2D eigenvalue weighted by Crippen LogP contribution is -2.43. The summed E-state index contributed by atoms with van der Waals surface area (Å²) in [4.78, 5) is 16.0. The molecule has 2 heterocycles. The molecule has 1 unspecified atom stereocenters. The van der Waals surface area contributed by atoms with Gasteiger partial charge in [-0.15, -0.1) is 0 Å². The van der Waals surface area contributed by atoms with Gasteiger partial charge in [0, 0.05) is 24.7 Å². The van der Waals surface area contributed by atoms with E-state index in [1.807, 2.05) is 19.1 Å². The highest BCUT2D eigenvalue weighted by Gasteiger charge is 2.16. The van der Waals surface area contributed by atoms with E-state index in [1.165, 1.54) is 0 Å². The number of aromatic nitrogens is 1. The standard InChI is InChI=1S/C12H17N3O2/c1-9-3-2-4-11(14-9)15-12(16)7-10-8-17-6-5-13-10/h2-4,10,13H,5-8H2,1H3,(H,14,15,16). The van der Waals surface area contributed by atoms with Gasteiger partial charge in [0.15, 0.2) is 0 Å². The number of pyridine rings is 1. The van der Waals surface area contributed by atoms with E-state index < -0.39 is 0 Å². The van der Waals surface area contributed by atoms with E-state index in [-0.39, 0.29) is 11.9 Å². The van der Waals surface area contributed by atoms with Crippen LogP contribution < -0.4 is 10.6 Å². The Hall–Kier alpha value is -1.46. The fourth-order valence-corrected chi connectivity index (χ4v) is 1.78. The summed E-state index contributed by atoms with van der Waals surface area (Å²) in [6.45, 7) is 4.01. The lowest BCUT2D eigenvalue weighted by molar-refractivity contribution is -0.117. The zero-order valence-electron chi connectivity index (χ0n) is 9.90. The van der Waals surface area contributed by atoms with Crippen LogP contribution in [0.5, 0.6) is 0 Å². The molecule has 5 heteroatoms. The number of morpholine rings is 1. The molecule has 0 aromatic carbocycles. The molecule has 92 valence electrons. The van der Waals surface area contributed by atoms with E-state index in [2.05, 4.69) is 15.6 Å². The summed E-state index contributed by atoms with van der Waals surface area (Å²) in [5, 5.41) is 6.03. The average Bonchev–Trinajstić information content (AvgIpc) is 2.30. The number of amides is 1. The van der Waals surface area contributed by atoms with Crippen LogP contribution in [0.15, 0.2) is 18.2 Å². The molecular weight excluding hydrogens is 218 g/mol. The average molecular weight is 235 g/mol. The van der Waals surface area contributed by atoms with Crippen molar-refractivity contribution in [2.24, 2.45) is 0 Å². The Morgan fingerprint density at radius 3 is 3.24 bits per heavy atom. The van der Waals surface area contributed by atoms with Crippen molar-refractivity contribution in [1.29, 1.82) is 0 Å². The second-order valence-electron chi connectivity index (χ2n) is 4.14. The molecule has 1 aromatic rings. The molecule has 1 saturated heterocycles. The zero-order valence-corrected chi connectivity index (χ0v) is 9.90. The van der Waals surface area contributed by atoms with Gasteiger partial charge < -0.3 is 15.4 Å². The number of nitrogens with zero attached hydrogens (tertiary/aromatic N) is 1. The van der Waals surface area contributed by atoms with Crippen LogP contribution in [0, 0.1) is 6.92 Å². The molecule has 0 aliphatic carbocycles. The molecule has 0 radical (unpaired) electrons. The highest BCUT2D eigenvalue weighted by molar-refractivity contribution is 5.90. The van der Waals surface area contributed by atoms with Gasteiger partial charge in [-0.25, -0.2) is 4.98 Å². The van der Waals surface area contributed by atoms with Crippen LogP contribution in [0.4, 0.5) is 5.82 Å². The minimum atomic E-state index is -0.0360. The van der Waals surface area contributed by atoms with Gasteiger partial charge in [-0.05, 0) is 19.1 Å². The Morgan fingerprint density at radius 2 is 2.53 bits per heavy atom. The van der Waals surface area contributed by atoms with E-state index in [9.17, 15) is 4.79 Å². The van der Waals surface area contributed by atoms with Crippen LogP contribution >= 0.6 is 0 Å². The van der Waals surface area contributed by atoms with Gasteiger partial charge in [0.2, 0.25) is 5.91 Å². The van der Waals surface area contributed by atoms with Gasteiger partial charge >= 0.3 is 0 Å². The van der Waals surface area contributed by atoms with E-state index in [4.69, 9.17) is 4.74 Å². The van der Waals surface area contributed by atoms with Crippen LogP contribution in [0.1, 0.15) is 12.1 Å². The van der Waals surface area contributed by atoms with Crippen molar-refractivity contribution in [3.63, 3.8) is 0 Å². The fourth-order valence-electron chi connectivity index (χ4n) is 1.78. The highest BCUT2D eigenvalue weighted by atomic mass is 16.5. The Kier molecular flexibility index (Phi) is 4.06. The Balaban J connectivity index is 1.84. The molecule has 1 aromatic heterocycles. The van der Waals surface area contributed by atoms with Crippen LogP contribution in [0.2, 0.25) is 0 Å². The van der Waals surface area contributed by atoms with Crippen LogP contribution in [0.3, 0.4) is 0 Å². The second kappa shape index (κ2) is 5.75. The first kappa shape index (κ1) is 12.0. The number of rotatable bonds is 3. The smallest absolute Gasteiger partial charge is 0.227 e. The van der Waals surface area contributed by atoms with Crippen molar-refractivity contribution in [2.45, 2.75) is 19.4 Å². The molecule has 1 atom stereocenters. The summed E-state index contributed by atoms with van der Waals surface area (Å²) in [6, 6.07) is 5.66. The summed E-state index contributed by atoms with van der Waals surface area (Å²) in [5.41, 5.74) is 0.891. The first-order valence-corrected chi connectivity index (χ1v) is 5.78. The third-order valence-electron chi connectivity index (χ3n) is 2.59. The number of ether oxygens (including phenoxy) is 1. The van der Waals surface area contributed by atoms with Gasteiger partial charge in [0.1, 0.15) is 5.82 Å². The predicted octanol–water partition coefficient (Wildman–Crippen LogP) is 0.707. The molecule has 2 rings (SSSR count). The molecule has 1 aliphatic rings. The summed E-state index contributed by atoms with van der Waals surface area (Å²) in [6.07, 6.45) is 0.412. The Labute approximate surface area is 101 Å². The van der Waals surface area contributed by atoms with Gasteiger partial charge in [0.05, 0.1) is 13.2 Å². The van der Waals surface area contributed by atoms with Crippen LogP contribution in [0.25, 0.3) is 0 Å². The van der Waals surface area contributed by atoms with Crippen molar-refractivity contribution >= 4 is 11.7 Å². The predicted molar refractivity (Wildman–Crippen MR) is 64.8 cm³/mol. The summed E-state index contributed by atoms with van der Waals surface area (Å²) in [7, 11) is 0. The second-order valence-corrected chi connectivity index (χ2v) is 4.14.